The predicted octanol–water partition coefficient (Wildman–Crippen LogP) is 2.61. The number of amides is 2. The maximum Gasteiger partial charge on any atom is 0.314 e. The summed E-state index contributed by atoms with van der Waals surface area (Å²) in [6, 6.07) is 6.30. The van der Waals surface area contributed by atoms with E-state index < -0.39 is 0 Å². The number of aryl methyl sites for hydroxylation is 1. The summed E-state index contributed by atoms with van der Waals surface area (Å²) in [6.07, 6.45) is 4.94. The number of aromatic amines is 1. The van der Waals surface area contributed by atoms with E-state index in [2.05, 4.69) is 46.9 Å². The molecule has 1 fully saturated rings. The first-order valence-electron chi connectivity index (χ1n) is 8.45. The van der Waals surface area contributed by atoms with Gasteiger partial charge in [0.25, 0.3) is 0 Å². The Bertz CT molecular complexity index is 659. The second-order valence-electron chi connectivity index (χ2n) is 6.12. The molecule has 5 nitrogen and oxygen atoms in total. The van der Waals surface area contributed by atoms with Crippen LogP contribution in [0.1, 0.15) is 24.5 Å². The highest BCUT2D eigenvalue weighted by Gasteiger charge is 2.16. The van der Waals surface area contributed by atoms with E-state index in [0.717, 1.165) is 32.5 Å². The van der Waals surface area contributed by atoms with E-state index in [4.69, 9.17) is 4.74 Å². The molecule has 1 aromatic carbocycles. The number of hydrogen-bond acceptors (Lipinski definition) is 2. The third-order valence-corrected chi connectivity index (χ3v) is 4.52. The van der Waals surface area contributed by atoms with Gasteiger partial charge in [-0.2, -0.15) is 0 Å². The molecule has 3 N–H and O–H groups in total. The Morgan fingerprint density at radius 2 is 2.26 bits per heavy atom. The Morgan fingerprint density at radius 1 is 1.35 bits per heavy atom. The molecule has 124 valence electrons. The van der Waals surface area contributed by atoms with Crippen molar-refractivity contribution in [2.75, 3.05) is 26.3 Å². The number of nitrogens with one attached hydrogen (secondary N) is 3. The quantitative estimate of drug-likeness (QED) is 0.767. The summed E-state index contributed by atoms with van der Waals surface area (Å²) < 4.78 is 5.30. The monoisotopic (exact) mass is 315 g/mol. The van der Waals surface area contributed by atoms with Crippen molar-refractivity contribution >= 4 is 16.9 Å². The number of carbonyl (C=O) groups is 1. The maximum absolute atomic E-state index is 11.8. The number of ether oxygens (including phenoxy) is 1. The summed E-state index contributed by atoms with van der Waals surface area (Å²) in [5.74, 6) is 0.460. The van der Waals surface area contributed by atoms with Gasteiger partial charge in [0, 0.05) is 42.7 Å². The van der Waals surface area contributed by atoms with Crippen LogP contribution in [0.5, 0.6) is 0 Å². The lowest BCUT2D eigenvalue weighted by atomic mass is 10.1. The van der Waals surface area contributed by atoms with Crippen LogP contribution in [0.3, 0.4) is 0 Å². The van der Waals surface area contributed by atoms with Gasteiger partial charge in [0.2, 0.25) is 0 Å². The van der Waals surface area contributed by atoms with Gasteiger partial charge < -0.3 is 20.4 Å². The fourth-order valence-corrected chi connectivity index (χ4v) is 3.13. The average molecular weight is 315 g/mol. The molecule has 0 saturated carbocycles. The number of H-pyrrole nitrogens is 1. The van der Waals surface area contributed by atoms with Gasteiger partial charge in [0.05, 0.1) is 6.61 Å². The summed E-state index contributed by atoms with van der Waals surface area (Å²) >= 11 is 0. The Hall–Kier alpha value is -2.01. The number of para-hydroxylation sites is 1. The molecule has 1 aliphatic heterocycles. The maximum atomic E-state index is 11.8. The van der Waals surface area contributed by atoms with Crippen LogP contribution < -0.4 is 10.6 Å². The molecular weight excluding hydrogens is 290 g/mol. The van der Waals surface area contributed by atoms with Crippen molar-refractivity contribution < 1.29 is 9.53 Å². The molecule has 3 rings (SSSR count). The van der Waals surface area contributed by atoms with E-state index in [-0.39, 0.29) is 6.03 Å². The van der Waals surface area contributed by atoms with Gasteiger partial charge >= 0.3 is 6.03 Å². The van der Waals surface area contributed by atoms with E-state index in [1.54, 1.807) is 0 Å². The minimum Gasteiger partial charge on any atom is -0.381 e. The van der Waals surface area contributed by atoms with Crippen LogP contribution in [-0.2, 0) is 17.6 Å². The number of aromatic nitrogens is 1. The normalized spacial score (nSPS) is 17.5. The van der Waals surface area contributed by atoms with E-state index >= 15 is 0 Å². The van der Waals surface area contributed by atoms with Crippen LogP contribution in [0.25, 0.3) is 10.9 Å². The van der Waals surface area contributed by atoms with Crippen LogP contribution in [0.2, 0.25) is 0 Å². The second-order valence-corrected chi connectivity index (χ2v) is 6.12. The third kappa shape index (κ3) is 3.85. The van der Waals surface area contributed by atoms with Gasteiger partial charge in [0.15, 0.2) is 0 Å². The molecule has 0 unspecified atom stereocenters. The van der Waals surface area contributed by atoms with E-state index in [0.29, 0.717) is 19.0 Å². The van der Waals surface area contributed by atoms with E-state index in [1.165, 1.54) is 22.0 Å². The molecule has 5 heteroatoms. The lowest BCUT2D eigenvalue weighted by molar-refractivity contribution is 0.185. The summed E-state index contributed by atoms with van der Waals surface area (Å²) in [5.41, 5.74) is 3.80. The Balaban J connectivity index is 1.47. The van der Waals surface area contributed by atoms with Crippen LogP contribution in [0.15, 0.2) is 24.4 Å². The first kappa shape index (κ1) is 15.9. The SMILES string of the molecule is CCc1cccc2c(CCNC(=O)NC[C@@H]3CCOC3)c[nH]c12. The standard InChI is InChI=1S/C18H25N3O2/c1-2-14-4-3-5-16-15(11-20-17(14)16)6-8-19-18(22)21-10-13-7-9-23-12-13/h3-5,11,13,20H,2,6-10,12H2,1H3,(H2,19,21,22)/t13-/m0/s1. The molecule has 23 heavy (non-hydrogen) atoms. The van der Waals surface area contributed by atoms with Crippen LogP contribution >= 0.6 is 0 Å². The molecule has 2 heterocycles. The fourth-order valence-electron chi connectivity index (χ4n) is 3.13. The molecule has 0 radical (unpaired) electrons. The lowest BCUT2D eigenvalue weighted by Crippen LogP contribution is -2.39. The molecule has 2 amide bonds. The van der Waals surface area contributed by atoms with Gasteiger partial charge in [-0.15, -0.1) is 0 Å². The molecule has 1 aromatic heterocycles. The number of urea groups is 1. The van der Waals surface area contributed by atoms with Gasteiger partial charge in [-0.25, -0.2) is 4.79 Å². The van der Waals surface area contributed by atoms with Gasteiger partial charge in [-0.05, 0) is 30.4 Å². The Kier molecular flexibility index (Phi) is 5.18. The molecule has 0 bridgehead atoms. The number of hydrogen-bond donors (Lipinski definition) is 3. The topological polar surface area (TPSA) is 66.2 Å². The zero-order valence-corrected chi connectivity index (χ0v) is 13.7. The molecule has 1 atom stereocenters. The minimum absolute atomic E-state index is 0.0917. The first-order chi connectivity index (χ1) is 11.3. The van der Waals surface area contributed by atoms with Crippen molar-refractivity contribution in [3.8, 4) is 0 Å². The highest BCUT2D eigenvalue weighted by Crippen LogP contribution is 2.22. The molecular formula is C18H25N3O2. The Labute approximate surface area is 136 Å². The summed E-state index contributed by atoms with van der Waals surface area (Å²) in [6.45, 7) is 5.06. The number of carbonyl (C=O) groups excluding carboxylic acids is 1. The van der Waals surface area contributed by atoms with Crippen molar-refractivity contribution in [2.45, 2.75) is 26.2 Å². The zero-order valence-electron chi connectivity index (χ0n) is 13.7. The highest BCUT2D eigenvalue weighted by atomic mass is 16.5. The smallest absolute Gasteiger partial charge is 0.314 e. The molecule has 0 aliphatic carbocycles. The van der Waals surface area contributed by atoms with Crippen LogP contribution in [0.4, 0.5) is 4.79 Å². The number of rotatable bonds is 6. The second kappa shape index (κ2) is 7.51. The van der Waals surface area contributed by atoms with Crippen molar-refractivity contribution in [3.63, 3.8) is 0 Å². The molecule has 1 saturated heterocycles. The molecule has 1 aliphatic rings. The Morgan fingerprint density at radius 3 is 3.04 bits per heavy atom. The summed E-state index contributed by atoms with van der Waals surface area (Å²) in [7, 11) is 0. The predicted molar refractivity (Wildman–Crippen MR) is 91.7 cm³/mol. The highest BCUT2D eigenvalue weighted by molar-refractivity contribution is 5.86. The zero-order chi connectivity index (χ0) is 16.1. The van der Waals surface area contributed by atoms with E-state index in [9.17, 15) is 4.79 Å². The van der Waals surface area contributed by atoms with Crippen LogP contribution in [0, 0.1) is 5.92 Å². The van der Waals surface area contributed by atoms with Gasteiger partial charge in [-0.3, -0.25) is 0 Å². The van der Waals surface area contributed by atoms with E-state index in [1.807, 2.05) is 0 Å². The average Bonchev–Trinajstić information content (AvgIpc) is 3.22. The van der Waals surface area contributed by atoms with Crippen molar-refractivity contribution in [1.29, 1.82) is 0 Å². The van der Waals surface area contributed by atoms with Crippen LogP contribution in [-0.4, -0.2) is 37.3 Å². The van der Waals surface area contributed by atoms with Crippen molar-refractivity contribution in [3.05, 3.63) is 35.5 Å². The minimum atomic E-state index is -0.0917. The third-order valence-electron chi connectivity index (χ3n) is 4.52. The lowest BCUT2D eigenvalue weighted by Gasteiger charge is -2.10. The van der Waals surface area contributed by atoms with Crippen molar-refractivity contribution in [1.82, 2.24) is 15.6 Å². The molecule has 2 aromatic rings. The number of fused-ring (bicyclic) bond motifs is 1. The van der Waals surface area contributed by atoms with Crippen molar-refractivity contribution in [2.24, 2.45) is 5.92 Å². The summed E-state index contributed by atoms with van der Waals surface area (Å²) in [5, 5.41) is 7.11. The molecule has 0 spiro atoms. The van der Waals surface area contributed by atoms with Gasteiger partial charge in [-0.1, -0.05) is 25.1 Å². The largest absolute Gasteiger partial charge is 0.381 e. The summed E-state index contributed by atoms with van der Waals surface area (Å²) in [4.78, 5) is 15.2. The first-order valence-corrected chi connectivity index (χ1v) is 8.45. The van der Waals surface area contributed by atoms with Gasteiger partial charge in [0.1, 0.15) is 0 Å². The number of benzene rings is 1. The fraction of sp³-hybridized carbons (Fsp3) is 0.500.